The van der Waals surface area contributed by atoms with Crippen molar-refractivity contribution in [2.45, 2.75) is 20.8 Å². The molecule has 0 atom stereocenters. The third kappa shape index (κ3) is 3.26. The third-order valence-corrected chi connectivity index (χ3v) is 1.79. The summed E-state index contributed by atoms with van der Waals surface area (Å²) in [6.45, 7) is 6.33. The van der Waals surface area contributed by atoms with Crippen LogP contribution in [0.2, 0.25) is 0 Å². The number of hydrogen-bond acceptors (Lipinski definition) is 0. The van der Waals surface area contributed by atoms with Crippen LogP contribution < -0.4 is 0 Å². The summed E-state index contributed by atoms with van der Waals surface area (Å²) in [7, 11) is 0. The summed E-state index contributed by atoms with van der Waals surface area (Å²) in [5.41, 5.74) is 3.97. The smallest absolute Gasteiger partial charge is 0.358 e. The summed E-state index contributed by atoms with van der Waals surface area (Å²) >= 11 is 0. The second-order valence-electron chi connectivity index (χ2n) is 2.41. The zero-order chi connectivity index (χ0) is 6.85. The van der Waals surface area contributed by atoms with Gasteiger partial charge in [-0.15, -0.1) is 0 Å². The third-order valence-electron chi connectivity index (χ3n) is 1.79. The van der Waals surface area contributed by atoms with Crippen LogP contribution in [0.5, 0.6) is 0 Å². The summed E-state index contributed by atoms with van der Waals surface area (Å²) in [6, 6.07) is 7.20. The minimum absolute atomic E-state index is 0. The van der Waals surface area contributed by atoms with Gasteiger partial charge in [0, 0.05) is 0 Å². The minimum Gasteiger partial charge on any atom is -0.358 e. The topological polar surface area (TPSA) is 0 Å². The van der Waals surface area contributed by atoms with Gasteiger partial charge in [0.05, 0.1) is 0 Å². The molecule has 0 unspecified atom stereocenters. The summed E-state index contributed by atoms with van der Waals surface area (Å²) in [5.74, 6) is 0. The van der Waals surface area contributed by atoms with Gasteiger partial charge in [-0.3, -0.25) is 0 Å². The molecule has 0 aliphatic rings. The molecule has 1 heteroatoms. The van der Waals surface area contributed by atoms with E-state index in [1.165, 1.54) is 16.7 Å². The maximum atomic E-state index is 3.14. The van der Waals surface area contributed by atoms with Gasteiger partial charge in [-0.1, -0.05) is 20.8 Å². The molecule has 0 saturated carbocycles. The van der Waals surface area contributed by atoms with Gasteiger partial charge in [-0.05, 0) is 0 Å². The summed E-state index contributed by atoms with van der Waals surface area (Å²) in [4.78, 5) is 0. The predicted molar refractivity (Wildman–Crippen MR) is 51.7 cm³/mol. The molecule has 0 aromatic heterocycles. The molecule has 0 fully saturated rings. The number of aryl methyl sites for hydroxylation is 2. The van der Waals surface area contributed by atoms with Crippen molar-refractivity contribution in [1.29, 1.82) is 0 Å². The van der Waals surface area contributed by atoms with Crippen molar-refractivity contribution in [3.63, 3.8) is 0 Å². The Morgan fingerprint density at radius 1 is 1.18 bits per heavy atom. The molecule has 1 aromatic rings. The first-order valence-electron chi connectivity index (χ1n) is 3.16. The molecule has 0 amide bonds. The maximum absolute atomic E-state index is 3.14. The molecular weight excluding hydrogens is 144 g/mol. The Bertz CT molecular complexity index is 196. The second kappa shape index (κ2) is 5.61. The molecule has 0 spiro atoms. The summed E-state index contributed by atoms with van der Waals surface area (Å²) < 4.78 is 0. The van der Waals surface area contributed by atoms with Crippen molar-refractivity contribution < 1.29 is 0 Å². The van der Waals surface area contributed by atoms with Gasteiger partial charge in [-0.25, -0.2) is 0 Å². The van der Waals surface area contributed by atoms with Gasteiger partial charge >= 0.3 is 23.1 Å². The standard InChI is InChI=1S/C9H11.CH3.Mg/c1-7-5-4-6-8(2)9(7)3;;/h4-5H,1-3H3;1H3;/q2*-1;+2. The Hall–Kier alpha value is -0.0138. The van der Waals surface area contributed by atoms with Crippen LogP contribution >= 0.6 is 0 Å². The average molecular weight is 159 g/mol. The van der Waals surface area contributed by atoms with E-state index < -0.39 is 0 Å². The van der Waals surface area contributed by atoms with Crippen LogP contribution in [0.1, 0.15) is 16.7 Å². The van der Waals surface area contributed by atoms with E-state index in [0.29, 0.717) is 0 Å². The van der Waals surface area contributed by atoms with Crippen molar-refractivity contribution in [2.75, 3.05) is 0 Å². The van der Waals surface area contributed by atoms with Crippen molar-refractivity contribution in [3.8, 4) is 0 Å². The Balaban J connectivity index is 0. The van der Waals surface area contributed by atoms with Crippen molar-refractivity contribution in [2.24, 2.45) is 0 Å². The maximum Gasteiger partial charge on any atom is 2.00 e. The molecule has 1 rings (SSSR count). The van der Waals surface area contributed by atoms with E-state index >= 15 is 0 Å². The molecule has 0 aliphatic heterocycles. The van der Waals surface area contributed by atoms with E-state index in [1.807, 2.05) is 6.07 Å². The Labute approximate surface area is 86.2 Å². The summed E-state index contributed by atoms with van der Waals surface area (Å²) in [5, 5.41) is 0. The van der Waals surface area contributed by atoms with Gasteiger partial charge < -0.3 is 7.43 Å². The summed E-state index contributed by atoms with van der Waals surface area (Å²) in [6.07, 6.45) is 0. The molecule has 0 heterocycles. The quantitative estimate of drug-likeness (QED) is 0.402. The van der Waals surface area contributed by atoms with Crippen LogP contribution in [0.15, 0.2) is 12.1 Å². The van der Waals surface area contributed by atoms with Gasteiger partial charge in [0.1, 0.15) is 0 Å². The van der Waals surface area contributed by atoms with E-state index in [2.05, 4.69) is 32.9 Å². The monoisotopic (exact) mass is 158 g/mol. The first-order valence-corrected chi connectivity index (χ1v) is 3.16. The van der Waals surface area contributed by atoms with Gasteiger partial charge in [0.15, 0.2) is 0 Å². The SMILES string of the molecule is Cc1[c-]ccc(C)c1C.[CH3-].[Mg+2]. The fourth-order valence-electron chi connectivity index (χ4n) is 0.821. The van der Waals surface area contributed by atoms with Crippen LogP contribution in [0.4, 0.5) is 0 Å². The first-order chi connectivity index (χ1) is 4.22. The molecule has 0 saturated heterocycles. The molecule has 0 nitrogen and oxygen atoms in total. The van der Waals surface area contributed by atoms with E-state index in [9.17, 15) is 0 Å². The fraction of sp³-hybridized carbons (Fsp3) is 0.300. The van der Waals surface area contributed by atoms with E-state index in [4.69, 9.17) is 0 Å². The van der Waals surface area contributed by atoms with Crippen molar-refractivity contribution >= 4 is 23.1 Å². The van der Waals surface area contributed by atoms with E-state index in [0.717, 1.165) is 0 Å². The van der Waals surface area contributed by atoms with E-state index in [-0.39, 0.29) is 30.5 Å². The normalized spacial score (nSPS) is 7.91. The van der Waals surface area contributed by atoms with Crippen LogP contribution in [0, 0.1) is 34.3 Å². The van der Waals surface area contributed by atoms with Gasteiger partial charge in [0.25, 0.3) is 0 Å². The first kappa shape index (κ1) is 13.6. The molecular formula is C10H14Mg. The largest absolute Gasteiger partial charge is 2.00 e. The van der Waals surface area contributed by atoms with Crippen molar-refractivity contribution in [3.05, 3.63) is 42.3 Å². The molecule has 0 radical (unpaired) electrons. The number of rotatable bonds is 0. The van der Waals surface area contributed by atoms with Crippen molar-refractivity contribution in [1.82, 2.24) is 0 Å². The van der Waals surface area contributed by atoms with Crippen LogP contribution in [0.25, 0.3) is 0 Å². The van der Waals surface area contributed by atoms with E-state index in [1.54, 1.807) is 0 Å². The Kier molecular flexibility index (Phi) is 6.92. The fourth-order valence-corrected chi connectivity index (χ4v) is 0.821. The number of benzene rings is 1. The predicted octanol–water partition coefficient (Wildman–Crippen LogP) is 2.48. The average Bonchev–Trinajstić information content (AvgIpc) is 1.83. The van der Waals surface area contributed by atoms with Gasteiger partial charge in [0.2, 0.25) is 0 Å². The zero-order valence-electron chi connectivity index (χ0n) is 7.86. The molecule has 11 heavy (non-hydrogen) atoms. The number of hydrogen-bond donors (Lipinski definition) is 0. The van der Waals surface area contributed by atoms with Crippen LogP contribution in [-0.2, 0) is 0 Å². The molecule has 0 aliphatic carbocycles. The molecule has 0 bridgehead atoms. The Morgan fingerprint density at radius 3 is 2.09 bits per heavy atom. The van der Waals surface area contributed by atoms with Gasteiger partial charge in [-0.2, -0.15) is 34.9 Å². The molecule has 56 valence electrons. The van der Waals surface area contributed by atoms with Crippen LogP contribution in [-0.4, -0.2) is 23.1 Å². The minimum atomic E-state index is 0. The zero-order valence-corrected chi connectivity index (χ0v) is 9.28. The molecule has 1 aromatic carbocycles. The molecule has 0 N–H and O–H groups in total. The van der Waals surface area contributed by atoms with Crippen LogP contribution in [0.3, 0.4) is 0 Å². The second-order valence-corrected chi connectivity index (χ2v) is 2.41. The Morgan fingerprint density at radius 2 is 1.73 bits per heavy atom.